The van der Waals surface area contributed by atoms with Crippen LogP contribution in [0.3, 0.4) is 0 Å². The van der Waals surface area contributed by atoms with Crippen LogP contribution in [-0.4, -0.2) is 10.2 Å². The van der Waals surface area contributed by atoms with Gasteiger partial charge in [0.1, 0.15) is 11.5 Å². The van der Waals surface area contributed by atoms with Crippen LogP contribution in [0.2, 0.25) is 0 Å². The van der Waals surface area contributed by atoms with Crippen LogP contribution in [-0.2, 0) is 18.3 Å². The number of phenolic OH excluding ortho intramolecular Hbond substituents is 2. The zero-order valence-electron chi connectivity index (χ0n) is 12.4. The lowest BCUT2D eigenvalue weighted by Crippen LogP contribution is -2.11. The molecule has 2 rings (SSSR count). The van der Waals surface area contributed by atoms with Gasteiger partial charge in [0.2, 0.25) is 0 Å². The van der Waals surface area contributed by atoms with Gasteiger partial charge in [0.15, 0.2) is 0 Å². The van der Waals surface area contributed by atoms with E-state index < -0.39 is 0 Å². The second-order valence-corrected chi connectivity index (χ2v) is 6.27. The van der Waals surface area contributed by atoms with E-state index in [4.69, 9.17) is 0 Å². The van der Waals surface area contributed by atoms with Crippen molar-refractivity contribution in [1.82, 2.24) is 0 Å². The summed E-state index contributed by atoms with van der Waals surface area (Å²) in [5.74, 6) is 0.666. The van der Waals surface area contributed by atoms with Crippen LogP contribution >= 0.6 is 0 Å². The molecule has 0 heterocycles. The zero-order chi connectivity index (χ0) is 14.8. The molecule has 0 radical (unpaired) electrons. The summed E-state index contributed by atoms with van der Waals surface area (Å²) in [5, 5.41) is 19.6. The summed E-state index contributed by atoms with van der Waals surface area (Å²) >= 11 is 0. The molecule has 0 spiro atoms. The van der Waals surface area contributed by atoms with E-state index in [1.54, 1.807) is 12.1 Å². The van der Waals surface area contributed by atoms with Gasteiger partial charge >= 0.3 is 0 Å². The number of aromatic hydroxyl groups is 2. The summed E-state index contributed by atoms with van der Waals surface area (Å²) in [4.78, 5) is 0. The van der Waals surface area contributed by atoms with Crippen molar-refractivity contribution < 1.29 is 10.2 Å². The van der Waals surface area contributed by atoms with Crippen LogP contribution in [0.15, 0.2) is 42.5 Å². The zero-order valence-corrected chi connectivity index (χ0v) is 12.4. The molecule has 2 nitrogen and oxygen atoms in total. The number of rotatable bonds is 3. The highest BCUT2D eigenvalue weighted by atomic mass is 16.3. The van der Waals surface area contributed by atoms with Crippen LogP contribution in [0.4, 0.5) is 0 Å². The number of benzene rings is 2. The number of phenols is 2. The van der Waals surface area contributed by atoms with Crippen LogP contribution in [0.25, 0.3) is 0 Å². The van der Waals surface area contributed by atoms with Crippen molar-refractivity contribution >= 4 is 0 Å². The molecule has 0 aliphatic heterocycles. The van der Waals surface area contributed by atoms with E-state index in [0.29, 0.717) is 11.5 Å². The average Bonchev–Trinajstić information content (AvgIpc) is 2.35. The highest BCUT2D eigenvalue weighted by Gasteiger charge is 2.17. The van der Waals surface area contributed by atoms with Crippen LogP contribution in [0, 0.1) is 0 Å². The van der Waals surface area contributed by atoms with Crippen molar-refractivity contribution in [2.75, 3.05) is 0 Å². The number of aryl methyl sites for hydroxylation is 2. The summed E-state index contributed by atoms with van der Waals surface area (Å²) in [7, 11) is 0. The molecule has 0 atom stereocenters. The van der Waals surface area contributed by atoms with E-state index in [1.807, 2.05) is 24.3 Å². The molecule has 2 N–H and O–H groups in total. The maximum absolute atomic E-state index is 10.1. The lowest BCUT2D eigenvalue weighted by molar-refractivity contribution is 0.446. The molecule has 0 unspecified atom stereocenters. The van der Waals surface area contributed by atoms with Crippen molar-refractivity contribution in [2.24, 2.45) is 0 Å². The van der Waals surface area contributed by atoms with Gasteiger partial charge in [-0.05, 0) is 53.1 Å². The average molecular weight is 270 g/mol. The van der Waals surface area contributed by atoms with Crippen LogP contribution in [0.5, 0.6) is 11.5 Å². The molecule has 0 aliphatic carbocycles. The van der Waals surface area contributed by atoms with Gasteiger partial charge in [-0.15, -0.1) is 0 Å². The molecule has 0 bridgehead atoms. The van der Waals surface area contributed by atoms with Gasteiger partial charge in [-0.25, -0.2) is 0 Å². The van der Waals surface area contributed by atoms with Gasteiger partial charge in [-0.2, -0.15) is 0 Å². The minimum atomic E-state index is -0.0478. The molecule has 0 fully saturated rings. The van der Waals surface area contributed by atoms with Gasteiger partial charge in [0, 0.05) is 0 Å². The van der Waals surface area contributed by atoms with Crippen molar-refractivity contribution in [3.05, 3.63) is 59.2 Å². The lowest BCUT2D eigenvalue weighted by atomic mass is 9.85. The van der Waals surface area contributed by atoms with E-state index >= 15 is 0 Å². The third-order valence-electron chi connectivity index (χ3n) is 3.48. The minimum absolute atomic E-state index is 0.0478. The van der Waals surface area contributed by atoms with E-state index in [2.05, 4.69) is 26.8 Å². The Kier molecular flexibility index (Phi) is 4.03. The third kappa shape index (κ3) is 3.53. The van der Waals surface area contributed by atoms with Crippen molar-refractivity contribution in [2.45, 2.75) is 39.0 Å². The Labute approximate surface area is 120 Å². The maximum atomic E-state index is 10.1. The van der Waals surface area contributed by atoms with E-state index in [-0.39, 0.29) is 5.41 Å². The Morgan fingerprint density at radius 3 is 2.05 bits per heavy atom. The Hall–Kier alpha value is -1.96. The smallest absolute Gasteiger partial charge is 0.119 e. The standard InChI is InChI=1S/C18H22O2/c1-18(2,3)16-10-9-14(12-17(16)20)8-7-13-5-4-6-15(19)11-13/h4-6,9-12,19-20H,7-8H2,1-3H3. The summed E-state index contributed by atoms with van der Waals surface area (Å²) in [6.07, 6.45) is 1.70. The van der Waals surface area contributed by atoms with Gasteiger partial charge in [-0.3, -0.25) is 0 Å². The summed E-state index contributed by atoms with van der Waals surface area (Å²) < 4.78 is 0. The fourth-order valence-electron chi connectivity index (χ4n) is 2.37. The van der Waals surface area contributed by atoms with E-state index in [0.717, 1.165) is 29.5 Å². The Balaban J connectivity index is 2.10. The van der Waals surface area contributed by atoms with Gasteiger partial charge in [0.25, 0.3) is 0 Å². The Bertz CT molecular complexity index is 595. The molecule has 0 aromatic heterocycles. The van der Waals surface area contributed by atoms with Gasteiger partial charge in [-0.1, -0.05) is 45.0 Å². The predicted molar refractivity (Wildman–Crippen MR) is 82.3 cm³/mol. The molecule has 0 saturated carbocycles. The molecule has 2 aromatic rings. The van der Waals surface area contributed by atoms with E-state index in [1.165, 1.54) is 0 Å². The number of hydrogen-bond donors (Lipinski definition) is 2. The lowest BCUT2D eigenvalue weighted by Gasteiger charge is -2.20. The second kappa shape index (κ2) is 5.58. The minimum Gasteiger partial charge on any atom is -0.508 e. The van der Waals surface area contributed by atoms with Crippen LogP contribution in [0.1, 0.15) is 37.5 Å². The molecular weight excluding hydrogens is 248 g/mol. The summed E-state index contributed by atoms with van der Waals surface area (Å²) in [5.41, 5.74) is 3.13. The first-order valence-electron chi connectivity index (χ1n) is 6.96. The highest BCUT2D eigenvalue weighted by molar-refractivity contribution is 5.41. The fourth-order valence-corrected chi connectivity index (χ4v) is 2.37. The molecule has 0 saturated heterocycles. The highest BCUT2D eigenvalue weighted by Crippen LogP contribution is 2.31. The normalized spacial score (nSPS) is 11.6. The third-order valence-corrected chi connectivity index (χ3v) is 3.48. The monoisotopic (exact) mass is 270 g/mol. The summed E-state index contributed by atoms with van der Waals surface area (Å²) in [6, 6.07) is 13.2. The molecule has 2 aromatic carbocycles. The topological polar surface area (TPSA) is 40.5 Å². The molecule has 0 aliphatic rings. The maximum Gasteiger partial charge on any atom is 0.119 e. The largest absolute Gasteiger partial charge is 0.508 e. The quantitative estimate of drug-likeness (QED) is 0.878. The van der Waals surface area contributed by atoms with Gasteiger partial charge < -0.3 is 10.2 Å². The van der Waals surface area contributed by atoms with Crippen LogP contribution < -0.4 is 0 Å². The molecule has 106 valence electrons. The molecule has 0 amide bonds. The van der Waals surface area contributed by atoms with Crippen molar-refractivity contribution in [1.29, 1.82) is 0 Å². The predicted octanol–water partition coefficient (Wildman–Crippen LogP) is 4.18. The number of hydrogen-bond acceptors (Lipinski definition) is 2. The first-order valence-corrected chi connectivity index (χ1v) is 6.96. The van der Waals surface area contributed by atoms with Gasteiger partial charge in [0.05, 0.1) is 0 Å². The molecule has 2 heteroatoms. The Morgan fingerprint density at radius 1 is 0.850 bits per heavy atom. The van der Waals surface area contributed by atoms with Crippen molar-refractivity contribution in [3.8, 4) is 11.5 Å². The summed E-state index contributed by atoms with van der Waals surface area (Å²) in [6.45, 7) is 6.28. The second-order valence-electron chi connectivity index (χ2n) is 6.27. The van der Waals surface area contributed by atoms with E-state index in [9.17, 15) is 10.2 Å². The van der Waals surface area contributed by atoms with Crippen molar-refractivity contribution in [3.63, 3.8) is 0 Å². The fraction of sp³-hybridized carbons (Fsp3) is 0.333. The molecule has 20 heavy (non-hydrogen) atoms. The first kappa shape index (κ1) is 14.4. The Morgan fingerprint density at radius 2 is 1.50 bits per heavy atom. The first-order chi connectivity index (χ1) is 9.36. The SMILES string of the molecule is CC(C)(C)c1ccc(CCc2cccc(O)c2)cc1O. The molecular formula is C18H22O2.